The summed E-state index contributed by atoms with van der Waals surface area (Å²) in [4.78, 5) is 4.71. The number of hydrogen-bond acceptors (Lipinski definition) is 4. The van der Waals surface area contributed by atoms with Gasteiger partial charge in [-0.05, 0) is 63.7 Å². The standard InChI is InChI=1S/C15H20N4/c1-15(5-7-17-8-6-15)19-14-12(10-16)9-11-3-2-4-13(11)18-14/h9,17H,2-8H2,1H3,(H,18,19). The van der Waals surface area contributed by atoms with Crippen LogP contribution in [0, 0.1) is 11.3 Å². The van der Waals surface area contributed by atoms with Crippen LogP contribution in [0.2, 0.25) is 0 Å². The second kappa shape index (κ2) is 4.82. The molecule has 0 bridgehead atoms. The van der Waals surface area contributed by atoms with Gasteiger partial charge >= 0.3 is 0 Å². The lowest BCUT2D eigenvalue weighted by Gasteiger charge is -2.35. The summed E-state index contributed by atoms with van der Waals surface area (Å²) in [6.07, 6.45) is 5.41. The minimum atomic E-state index is 0.0523. The van der Waals surface area contributed by atoms with E-state index in [1.165, 1.54) is 11.3 Å². The Morgan fingerprint density at radius 1 is 1.37 bits per heavy atom. The summed E-state index contributed by atoms with van der Waals surface area (Å²) < 4.78 is 0. The topological polar surface area (TPSA) is 60.7 Å². The fourth-order valence-electron chi connectivity index (χ4n) is 3.04. The number of nitriles is 1. The van der Waals surface area contributed by atoms with Crippen molar-refractivity contribution in [2.45, 2.75) is 44.6 Å². The van der Waals surface area contributed by atoms with E-state index in [1.54, 1.807) is 0 Å². The third-order valence-electron chi connectivity index (χ3n) is 4.30. The molecule has 4 nitrogen and oxygen atoms in total. The van der Waals surface area contributed by atoms with E-state index in [4.69, 9.17) is 4.98 Å². The van der Waals surface area contributed by atoms with Gasteiger partial charge in [0.25, 0.3) is 0 Å². The molecule has 0 atom stereocenters. The normalized spacial score (nSPS) is 20.6. The number of aromatic nitrogens is 1. The Bertz CT molecular complexity index is 524. The zero-order valence-corrected chi connectivity index (χ0v) is 11.4. The Labute approximate surface area is 114 Å². The van der Waals surface area contributed by atoms with Gasteiger partial charge in [-0.15, -0.1) is 0 Å². The minimum absolute atomic E-state index is 0.0523. The third kappa shape index (κ3) is 2.43. The molecule has 4 heteroatoms. The van der Waals surface area contributed by atoms with Crippen molar-refractivity contribution < 1.29 is 0 Å². The van der Waals surface area contributed by atoms with E-state index in [0.29, 0.717) is 5.56 Å². The van der Waals surface area contributed by atoms with Crippen LogP contribution in [-0.2, 0) is 12.8 Å². The van der Waals surface area contributed by atoms with Crippen LogP contribution >= 0.6 is 0 Å². The molecule has 2 heterocycles. The number of hydrogen-bond donors (Lipinski definition) is 2. The largest absolute Gasteiger partial charge is 0.364 e. The van der Waals surface area contributed by atoms with Crippen LogP contribution < -0.4 is 10.6 Å². The van der Waals surface area contributed by atoms with Gasteiger partial charge in [0.1, 0.15) is 11.9 Å². The van der Waals surface area contributed by atoms with Gasteiger partial charge in [0.2, 0.25) is 0 Å². The quantitative estimate of drug-likeness (QED) is 0.849. The van der Waals surface area contributed by atoms with Crippen LogP contribution in [0.5, 0.6) is 0 Å². The first-order valence-corrected chi connectivity index (χ1v) is 7.12. The second-order valence-corrected chi connectivity index (χ2v) is 5.89. The number of anilines is 1. The molecular weight excluding hydrogens is 236 g/mol. The highest BCUT2D eigenvalue weighted by atomic mass is 15.1. The molecule has 1 fully saturated rings. The van der Waals surface area contributed by atoms with E-state index in [2.05, 4.69) is 23.6 Å². The Balaban J connectivity index is 1.90. The number of fused-ring (bicyclic) bond motifs is 1. The van der Waals surface area contributed by atoms with Crippen LogP contribution in [-0.4, -0.2) is 23.6 Å². The lowest BCUT2D eigenvalue weighted by atomic mass is 9.90. The predicted molar refractivity (Wildman–Crippen MR) is 75.1 cm³/mol. The summed E-state index contributed by atoms with van der Waals surface area (Å²) >= 11 is 0. The summed E-state index contributed by atoms with van der Waals surface area (Å²) in [5.41, 5.74) is 3.19. The van der Waals surface area contributed by atoms with Crippen molar-refractivity contribution >= 4 is 5.82 Å². The molecule has 2 N–H and O–H groups in total. The van der Waals surface area contributed by atoms with E-state index in [0.717, 1.165) is 51.0 Å². The average Bonchev–Trinajstić information content (AvgIpc) is 2.85. The van der Waals surface area contributed by atoms with Crippen molar-refractivity contribution in [3.05, 3.63) is 22.9 Å². The van der Waals surface area contributed by atoms with Crippen molar-refractivity contribution in [2.75, 3.05) is 18.4 Å². The van der Waals surface area contributed by atoms with Gasteiger partial charge in [-0.3, -0.25) is 0 Å². The molecule has 100 valence electrons. The van der Waals surface area contributed by atoms with E-state index in [-0.39, 0.29) is 5.54 Å². The Hall–Kier alpha value is -1.60. The van der Waals surface area contributed by atoms with Crippen molar-refractivity contribution in [1.29, 1.82) is 5.26 Å². The van der Waals surface area contributed by atoms with Crippen molar-refractivity contribution in [1.82, 2.24) is 10.3 Å². The zero-order valence-electron chi connectivity index (χ0n) is 11.4. The monoisotopic (exact) mass is 256 g/mol. The van der Waals surface area contributed by atoms with Gasteiger partial charge in [-0.25, -0.2) is 4.98 Å². The van der Waals surface area contributed by atoms with Crippen molar-refractivity contribution in [2.24, 2.45) is 0 Å². The number of nitrogens with one attached hydrogen (secondary N) is 2. The molecule has 0 spiro atoms. The summed E-state index contributed by atoms with van der Waals surface area (Å²) in [7, 11) is 0. The molecule has 0 aromatic carbocycles. The third-order valence-corrected chi connectivity index (χ3v) is 4.30. The molecule has 0 saturated carbocycles. The maximum atomic E-state index is 9.32. The van der Waals surface area contributed by atoms with Gasteiger partial charge < -0.3 is 10.6 Å². The Morgan fingerprint density at radius 3 is 2.89 bits per heavy atom. The number of rotatable bonds is 2. The molecule has 1 saturated heterocycles. The van der Waals surface area contributed by atoms with E-state index >= 15 is 0 Å². The smallest absolute Gasteiger partial charge is 0.144 e. The Morgan fingerprint density at radius 2 is 2.16 bits per heavy atom. The average molecular weight is 256 g/mol. The van der Waals surface area contributed by atoms with Gasteiger partial charge in [0.05, 0.1) is 5.56 Å². The van der Waals surface area contributed by atoms with Crippen molar-refractivity contribution in [3.63, 3.8) is 0 Å². The van der Waals surface area contributed by atoms with Gasteiger partial charge in [0.15, 0.2) is 0 Å². The van der Waals surface area contributed by atoms with E-state index in [9.17, 15) is 5.26 Å². The van der Waals surface area contributed by atoms with Crippen LogP contribution in [0.3, 0.4) is 0 Å². The highest BCUT2D eigenvalue weighted by molar-refractivity contribution is 5.56. The zero-order chi connectivity index (χ0) is 13.3. The van der Waals surface area contributed by atoms with E-state index < -0.39 is 0 Å². The van der Waals surface area contributed by atoms with Crippen LogP contribution in [0.25, 0.3) is 0 Å². The van der Waals surface area contributed by atoms with Crippen LogP contribution in [0.1, 0.15) is 43.0 Å². The molecule has 19 heavy (non-hydrogen) atoms. The number of nitrogens with zero attached hydrogens (tertiary/aromatic N) is 2. The number of piperidine rings is 1. The first kappa shape index (κ1) is 12.4. The molecular formula is C15H20N4. The van der Waals surface area contributed by atoms with Crippen LogP contribution in [0.4, 0.5) is 5.82 Å². The molecule has 1 aliphatic heterocycles. The summed E-state index contributed by atoms with van der Waals surface area (Å²) in [6.45, 7) is 4.27. The van der Waals surface area contributed by atoms with Crippen LogP contribution in [0.15, 0.2) is 6.07 Å². The molecule has 0 amide bonds. The van der Waals surface area contributed by atoms with Gasteiger partial charge in [0, 0.05) is 11.2 Å². The fourth-order valence-corrected chi connectivity index (χ4v) is 3.04. The van der Waals surface area contributed by atoms with Crippen molar-refractivity contribution in [3.8, 4) is 6.07 Å². The first-order valence-electron chi connectivity index (χ1n) is 7.12. The lowest BCUT2D eigenvalue weighted by molar-refractivity contribution is 0.364. The summed E-state index contributed by atoms with van der Waals surface area (Å²) in [5.74, 6) is 0.785. The molecule has 1 aromatic rings. The van der Waals surface area contributed by atoms with E-state index in [1.807, 2.05) is 6.07 Å². The summed E-state index contributed by atoms with van der Waals surface area (Å²) in [6, 6.07) is 4.32. The molecule has 1 aromatic heterocycles. The highest BCUT2D eigenvalue weighted by Crippen LogP contribution is 2.29. The number of pyridine rings is 1. The molecule has 3 rings (SSSR count). The van der Waals surface area contributed by atoms with Gasteiger partial charge in [-0.2, -0.15) is 5.26 Å². The lowest BCUT2D eigenvalue weighted by Crippen LogP contribution is -2.45. The fraction of sp³-hybridized carbons (Fsp3) is 0.600. The maximum absolute atomic E-state index is 9.32. The highest BCUT2D eigenvalue weighted by Gasteiger charge is 2.28. The maximum Gasteiger partial charge on any atom is 0.144 e. The first-order chi connectivity index (χ1) is 9.20. The molecule has 0 unspecified atom stereocenters. The second-order valence-electron chi connectivity index (χ2n) is 5.89. The SMILES string of the molecule is CC1(Nc2nc3c(cc2C#N)CCC3)CCNCC1. The molecule has 1 aliphatic carbocycles. The summed E-state index contributed by atoms with van der Waals surface area (Å²) in [5, 5.41) is 16.2. The number of aryl methyl sites for hydroxylation is 2. The Kier molecular flexibility index (Phi) is 3.16. The predicted octanol–water partition coefficient (Wildman–Crippen LogP) is 2.00. The van der Waals surface area contributed by atoms with Gasteiger partial charge in [-0.1, -0.05) is 0 Å². The molecule has 0 radical (unpaired) electrons. The molecule has 2 aliphatic rings. The minimum Gasteiger partial charge on any atom is -0.364 e.